The molecular weight excluding hydrogens is 312 g/mol. The van der Waals surface area contributed by atoms with Crippen molar-refractivity contribution in [2.45, 2.75) is 71.4 Å². The zero-order chi connectivity index (χ0) is 16.7. The van der Waals surface area contributed by atoms with E-state index in [1.807, 2.05) is 0 Å². The Morgan fingerprint density at radius 3 is 1.25 bits per heavy atom. The molecule has 0 bridgehead atoms. The molecule has 0 aliphatic rings. The van der Waals surface area contributed by atoms with Gasteiger partial charge in [0.25, 0.3) is 0 Å². The van der Waals surface area contributed by atoms with Crippen molar-refractivity contribution in [3.8, 4) is 0 Å². The van der Waals surface area contributed by atoms with Crippen molar-refractivity contribution < 1.29 is 9.90 Å². The highest BCUT2D eigenvalue weighted by Gasteiger charge is 2.64. The second-order valence-electron chi connectivity index (χ2n) is 9.11. The molecule has 0 aromatic heterocycles. The lowest BCUT2D eigenvalue weighted by atomic mass is 10.2. The van der Waals surface area contributed by atoms with E-state index in [4.69, 9.17) is 0 Å². The molecule has 1 unspecified atom stereocenters. The summed E-state index contributed by atoms with van der Waals surface area (Å²) >= 11 is 0. The molecule has 118 valence electrons. The third-order valence-corrected chi connectivity index (χ3v) is 79.4. The normalized spacial score (nSPS) is 15.9. The first-order valence-corrected chi connectivity index (χ1v) is 23.0. The van der Waals surface area contributed by atoms with Gasteiger partial charge in [0.1, 0.15) is 0 Å². The highest BCUT2D eigenvalue weighted by atomic mass is 29.9. The molecule has 0 fully saturated rings. The first-order chi connectivity index (χ1) is 8.51. The van der Waals surface area contributed by atoms with Gasteiger partial charge in [-0.1, -0.05) is 72.4 Å². The van der Waals surface area contributed by atoms with Crippen LogP contribution in [0.25, 0.3) is 0 Å². The largest absolute Gasteiger partial charge is 0.478 e. The first-order valence-electron chi connectivity index (χ1n) is 7.44. The van der Waals surface area contributed by atoms with Crippen LogP contribution in [-0.4, -0.2) is 40.5 Å². The summed E-state index contributed by atoms with van der Waals surface area (Å²) in [5.74, 6) is -0.788. The molecule has 0 amide bonds. The minimum Gasteiger partial charge on any atom is -0.478 e. The van der Waals surface area contributed by atoms with E-state index in [1.165, 1.54) is 0 Å². The Balaban J connectivity index is 6.49. The molecule has 0 radical (unpaired) electrons. The summed E-state index contributed by atoms with van der Waals surface area (Å²) in [7, 11) is -4.32. The smallest absolute Gasteiger partial charge is 0.330 e. The molecule has 2 nitrogen and oxygen atoms in total. The Hall–Kier alpha value is 0.0775. The minimum absolute atomic E-state index is 0.213. The van der Waals surface area contributed by atoms with Gasteiger partial charge >= 0.3 is 5.97 Å². The van der Waals surface area contributed by atoms with Crippen LogP contribution in [0.2, 0.25) is 64.5 Å². The lowest BCUT2D eigenvalue weighted by Gasteiger charge is -2.60. The van der Waals surface area contributed by atoms with Gasteiger partial charge in [-0.2, -0.15) is 0 Å². The molecule has 0 aromatic rings. The fourth-order valence-corrected chi connectivity index (χ4v) is 111. The van der Waals surface area contributed by atoms with E-state index in [0.29, 0.717) is 5.57 Å². The Labute approximate surface area is 129 Å². The van der Waals surface area contributed by atoms with Gasteiger partial charge in [0.15, 0.2) is 0 Å². The average Bonchev–Trinajstić information content (AvgIpc) is 2.09. The van der Waals surface area contributed by atoms with Crippen molar-refractivity contribution in [1.82, 2.24) is 0 Å². The van der Waals surface area contributed by atoms with Crippen LogP contribution in [0.3, 0.4) is 0 Å². The highest BCUT2D eigenvalue weighted by Crippen LogP contribution is 2.47. The summed E-state index contributed by atoms with van der Waals surface area (Å²) in [6.45, 7) is 26.8. The summed E-state index contributed by atoms with van der Waals surface area (Å²) in [4.78, 5) is 11.5. The lowest BCUT2D eigenvalue weighted by Crippen LogP contribution is -2.84. The molecule has 1 atom stereocenters. The van der Waals surface area contributed by atoms with Crippen molar-refractivity contribution >= 4 is 35.4 Å². The number of hydrogen-bond donors (Lipinski definition) is 1. The van der Waals surface area contributed by atoms with E-state index in [1.54, 1.807) is 0 Å². The summed E-state index contributed by atoms with van der Waals surface area (Å²) in [5.41, 5.74) is 0.689. The lowest BCUT2D eigenvalue weighted by molar-refractivity contribution is -0.132. The number of carbonyl (C=O) groups is 1. The third-order valence-electron chi connectivity index (χ3n) is 5.00. The Kier molecular flexibility index (Phi) is 5.72. The van der Waals surface area contributed by atoms with Gasteiger partial charge in [-0.3, -0.25) is 0 Å². The first kappa shape index (κ1) is 20.1. The summed E-state index contributed by atoms with van der Waals surface area (Å²) in [5, 5.41) is 9.48. The van der Waals surface area contributed by atoms with Crippen LogP contribution in [0.4, 0.5) is 0 Å². The number of carboxylic acids is 1. The predicted molar refractivity (Wildman–Crippen MR) is 102 cm³/mol. The molecule has 0 saturated heterocycles. The summed E-state index contributed by atoms with van der Waals surface area (Å²) in [6, 6.07) is 0. The van der Waals surface area contributed by atoms with E-state index in [9.17, 15) is 9.90 Å². The van der Waals surface area contributed by atoms with Gasteiger partial charge in [0, 0.05) is 35.0 Å². The van der Waals surface area contributed by atoms with Gasteiger partial charge in [0.05, 0.1) is 0 Å². The molecule has 0 aromatic carbocycles. The van der Waals surface area contributed by atoms with E-state index in [-0.39, 0.29) is 5.54 Å². The second kappa shape index (κ2) is 5.70. The molecule has 1 N–H and O–H groups in total. The van der Waals surface area contributed by atoms with E-state index < -0.39 is 35.4 Å². The van der Waals surface area contributed by atoms with Crippen molar-refractivity contribution in [3.63, 3.8) is 0 Å². The maximum absolute atomic E-state index is 11.5. The Morgan fingerprint density at radius 1 is 0.850 bits per heavy atom. The average molecular weight is 347 g/mol. The van der Waals surface area contributed by atoms with Crippen molar-refractivity contribution in [1.29, 1.82) is 0 Å². The van der Waals surface area contributed by atoms with Gasteiger partial charge in [0.2, 0.25) is 0 Å². The summed E-state index contributed by atoms with van der Waals surface area (Å²) < 4.78 is 0. The van der Waals surface area contributed by atoms with Crippen LogP contribution in [0, 0.1) is 0 Å². The fraction of sp³-hybridized carbons (Fsp3) is 0.786. The molecule has 6 heteroatoms. The predicted octanol–water partition coefficient (Wildman–Crippen LogP) is 4.72. The van der Waals surface area contributed by atoms with Gasteiger partial charge in [-0.15, -0.1) is 0 Å². The molecule has 20 heavy (non-hydrogen) atoms. The number of aliphatic carboxylic acids is 1. The van der Waals surface area contributed by atoms with Gasteiger partial charge in [-0.25, -0.2) is 4.79 Å². The van der Waals surface area contributed by atoms with Crippen LogP contribution >= 0.6 is 0 Å². The Morgan fingerprint density at radius 2 is 1.10 bits per heavy atom. The van der Waals surface area contributed by atoms with Gasteiger partial charge in [-0.05, 0) is 5.54 Å². The number of rotatable bonds is 6. The molecule has 0 aliphatic carbocycles. The zero-order valence-electron chi connectivity index (χ0n) is 15.1. The van der Waals surface area contributed by atoms with Crippen LogP contribution in [-0.2, 0) is 4.79 Å². The number of carboxylic acid groups (broad SMARTS) is 1. The summed E-state index contributed by atoms with van der Waals surface area (Å²) in [6.07, 6.45) is 0. The van der Waals surface area contributed by atoms with Crippen LogP contribution < -0.4 is 0 Å². The van der Waals surface area contributed by atoms with E-state index >= 15 is 0 Å². The topological polar surface area (TPSA) is 37.3 Å². The molecule has 0 aliphatic heterocycles. The van der Waals surface area contributed by atoms with Crippen LogP contribution in [0.1, 0.15) is 6.92 Å². The third kappa shape index (κ3) is 3.12. The maximum atomic E-state index is 11.5. The standard InChI is InChI=1S/C14H34O2Si4/c1-12(14(15)16)13(2)20(17(3,4)5,18(6,7)8)19(9,10)11/h13H,1H2,2-11H3,(H,15,16). The van der Waals surface area contributed by atoms with Crippen molar-refractivity contribution in [2.75, 3.05) is 0 Å². The molecule has 0 heterocycles. The number of hydrogen-bond acceptors (Lipinski definition) is 1. The van der Waals surface area contributed by atoms with E-state index in [2.05, 4.69) is 72.4 Å². The van der Waals surface area contributed by atoms with Crippen molar-refractivity contribution in [2.24, 2.45) is 0 Å². The molecule has 0 rings (SSSR count). The maximum Gasteiger partial charge on any atom is 0.330 e. The monoisotopic (exact) mass is 346 g/mol. The SMILES string of the molecule is C=C(C(=O)O)C(C)[Si]([Si](C)(C)C)([Si](C)(C)C)[Si](C)(C)C. The zero-order valence-corrected chi connectivity index (χ0v) is 19.1. The second-order valence-corrected chi connectivity index (χ2v) is 50.2. The van der Waals surface area contributed by atoms with Crippen LogP contribution in [0.15, 0.2) is 12.2 Å². The fourth-order valence-electron chi connectivity index (χ4n) is 5.77. The minimum atomic E-state index is -1.69. The molecular formula is C14H34O2Si4. The van der Waals surface area contributed by atoms with Gasteiger partial charge < -0.3 is 5.11 Å². The highest BCUT2D eigenvalue weighted by molar-refractivity contribution is 7.89. The van der Waals surface area contributed by atoms with Crippen LogP contribution in [0.5, 0.6) is 0 Å². The molecule has 0 spiro atoms. The Bertz CT molecular complexity index is 361. The quantitative estimate of drug-likeness (QED) is 0.558. The molecule has 0 saturated carbocycles. The van der Waals surface area contributed by atoms with E-state index in [0.717, 1.165) is 0 Å². The van der Waals surface area contributed by atoms with Crippen molar-refractivity contribution in [3.05, 3.63) is 12.2 Å².